The summed E-state index contributed by atoms with van der Waals surface area (Å²) in [6.45, 7) is 4.34. The maximum atomic E-state index is 5.73. The maximum Gasteiger partial charge on any atom is 0.196 e. The monoisotopic (exact) mass is 264 g/mol. The minimum Gasteiger partial charge on any atom is -0.441 e. The van der Waals surface area contributed by atoms with Gasteiger partial charge in [-0.3, -0.25) is 4.68 Å². The highest BCUT2D eigenvalue weighted by atomic mass is 16.5. The fourth-order valence-corrected chi connectivity index (χ4v) is 1.89. The Labute approximate surface area is 112 Å². The number of nitrogens with zero attached hydrogens (tertiary/aromatic N) is 3. The first-order chi connectivity index (χ1) is 9.20. The van der Waals surface area contributed by atoms with Crippen molar-refractivity contribution in [3.8, 4) is 11.3 Å². The second-order valence-corrected chi connectivity index (χ2v) is 4.41. The highest BCUT2D eigenvalue weighted by Gasteiger charge is 2.11. The molecule has 104 valence electrons. The van der Waals surface area contributed by atoms with Crippen LogP contribution in [0.4, 0.5) is 0 Å². The van der Waals surface area contributed by atoms with E-state index in [4.69, 9.17) is 9.15 Å². The summed E-state index contributed by atoms with van der Waals surface area (Å²) in [4.78, 5) is 4.29. The molecule has 2 aromatic rings. The summed E-state index contributed by atoms with van der Waals surface area (Å²) < 4.78 is 12.5. The van der Waals surface area contributed by atoms with Gasteiger partial charge in [-0.25, -0.2) is 4.98 Å². The van der Waals surface area contributed by atoms with E-state index in [0.717, 1.165) is 42.4 Å². The lowest BCUT2D eigenvalue weighted by molar-refractivity contribution is 0.199. The fourth-order valence-electron chi connectivity index (χ4n) is 1.89. The van der Waals surface area contributed by atoms with Crippen molar-refractivity contribution >= 4 is 0 Å². The molecule has 0 aliphatic heterocycles. The van der Waals surface area contributed by atoms with Crippen molar-refractivity contribution in [1.29, 1.82) is 0 Å². The van der Waals surface area contributed by atoms with Crippen LogP contribution in [-0.4, -0.2) is 41.6 Å². The van der Waals surface area contributed by atoms with Gasteiger partial charge in [0.05, 0.1) is 24.1 Å². The zero-order chi connectivity index (χ0) is 13.7. The number of rotatable bonds is 7. The first-order valence-corrected chi connectivity index (χ1v) is 6.35. The molecule has 0 saturated heterocycles. The highest BCUT2D eigenvalue weighted by molar-refractivity contribution is 5.58. The molecule has 6 heteroatoms. The molecular weight excluding hydrogens is 244 g/mol. The van der Waals surface area contributed by atoms with E-state index in [-0.39, 0.29) is 0 Å². The molecule has 0 unspecified atom stereocenters. The van der Waals surface area contributed by atoms with Crippen molar-refractivity contribution in [2.45, 2.75) is 13.3 Å². The molecule has 0 fully saturated rings. The molecule has 0 aliphatic carbocycles. The predicted molar refractivity (Wildman–Crippen MR) is 71.9 cm³/mol. The van der Waals surface area contributed by atoms with Crippen LogP contribution in [0.1, 0.15) is 11.6 Å². The maximum absolute atomic E-state index is 5.73. The molecule has 6 nitrogen and oxygen atoms in total. The van der Waals surface area contributed by atoms with Crippen LogP contribution in [0.2, 0.25) is 0 Å². The number of hydrogen-bond donors (Lipinski definition) is 1. The zero-order valence-electron chi connectivity index (χ0n) is 11.6. The number of oxazole rings is 1. The number of ether oxygens (including phenoxy) is 1. The van der Waals surface area contributed by atoms with E-state index in [1.54, 1.807) is 18.0 Å². The third-order valence-corrected chi connectivity index (χ3v) is 2.83. The van der Waals surface area contributed by atoms with Crippen molar-refractivity contribution in [3.63, 3.8) is 0 Å². The predicted octanol–water partition coefficient (Wildman–Crippen LogP) is 1.16. The quantitative estimate of drug-likeness (QED) is 0.760. The Balaban J connectivity index is 1.90. The number of aromatic nitrogens is 3. The van der Waals surface area contributed by atoms with Crippen molar-refractivity contribution in [2.75, 3.05) is 26.8 Å². The SMILES string of the molecule is COCCNCCc1ncc(-c2cn(C)nc2C)o1. The van der Waals surface area contributed by atoms with Gasteiger partial charge in [-0.15, -0.1) is 0 Å². The first kappa shape index (κ1) is 13.8. The Morgan fingerprint density at radius 1 is 1.42 bits per heavy atom. The van der Waals surface area contributed by atoms with Crippen LogP contribution in [0.5, 0.6) is 0 Å². The van der Waals surface area contributed by atoms with Crippen LogP contribution in [0.15, 0.2) is 16.8 Å². The van der Waals surface area contributed by atoms with Gasteiger partial charge in [-0.05, 0) is 6.92 Å². The number of nitrogens with one attached hydrogen (secondary N) is 1. The summed E-state index contributed by atoms with van der Waals surface area (Å²) in [6.07, 6.45) is 4.47. The molecule has 2 rings (SSSR count). The Morgan fingerprint density at radius 2 is 2.26 bits per heavy atom. The van der Waals surface area contributed by atoms with Gasteiger partial charge in [0.25, 0.3) is 0 Å². The first-order valence-electron chi connectivity index (χ1n) is 6.35. The van der Waals surface area contributed by atoms with Crippen molar-refractivity contribution in [2.24, 2.45) is 7.05 Å². The molecule has 0 atom stereocenters. The third-order valence-electron chi connectivity index (χ3n) is 2.83. The second kappa shape index (κ2) is 6.49. The van der Waals surface area contributed by atoms with Gasteiger partial charge in [-0.1, -0.05) is 0 Å². The summed E-state index contributed by atoms with van der Waals surface area (Å²) in [6, 6.07) is 0. The van der Waals surface area contributed by atoms with E-state index in [1.165, 1.54) is 0 Å². The zero-order valence-corrected chi connectivity index (χ0v) is 11.6. The number of methoxy groups -OCH3 is 1. The van der Waals surface area contributed by atoms with Gasteiger partial charge in [0.1, 0.15) is 0 Å². The van der Waals surface area contributed by atoms with Gasteiger partial charge in [0, 0.05) is 39.9 Å². The van der Waals surface area contributed by atoms with E-state index in [2.05, 4.69) is 15.4 Å². The van der Waals surface area contributed by atoms with Crippen LogP contribution in [0, 0.1) is 6.92 Å². The Hall–Kier alpha value is -1.66. The molecule has 0 bridgehead atoms. The smallest absolute Gasteiger partial charge is 0.196 e. The average molecular weight is 264 g/mol. The minimum atomic E-state index is 0.714. The summed E-state index contributed by atoms with van der Waals surface area (Å²) in [5, 5.41) is 7.55. The van der Waals surface area contributed by atoms with Gasteiger partial charge in [0.2, 0.25) is 0 Å². The molecule has 0 radical (unpaired) electrons. The topological polar surface area (TPSA) is 65.1 Å². The lowest BCUT2D eigenvalue weighted by Gasteiger charge is -2.01. The summed E-state index contributed by atoms with van der Waals surface area (Å²) in [7, 11) is 3.59. The van der Waals surface area contributed by atoms with E-state index >= 15 is 0 Å². The van der Waals surface area contributed by atoms with Crippen LogP contribution in [-0.2, 0) is 18.2 Å². The van der Waals surface area contributed by atoms with Gasteiger partial charge in [-0.2, -0.15) is 5.10 Å². The van der Waals surface area contributed by atoms with Crippen molar-refractivity contribution in [1.82, 2.24) is 20.1 Å². The summed E-state index contributed by atoms with van der Waals surface area (Å²) in [5.41, 5.74) is 1.94. The van der Waals surface area contributed by atoms with Crippen LogP contribution in [0.3, 0.4) is 0 Å². The standard InChI is InChI=1S/C13H20N4O2/c1-10-11(9-17(2)16-10)12-8-15-13(19-12)4-5-14-6-7-18-3/h8-9,14H,4-7H2,1-3H3. The van der Waals surface area contributed by atoms with Crippen molar-refractivity contribution in [3.05, 3.63) is 24.0 Å². The largest absolute Gasteiger partial charge is 0.441 e. The van der Waals surface area contributed by atoms with E-state index in [0.29, 0.717) is 6.61 Å². The van der Waals surface area contributed by atoms with Gasteiger partial charge in [0.15, 0.2) is 11.7 Å². The normalized spacial score (nSPS) is 11.1. The highest BCUT2D eigenvalue weighted by Crippen LogP contribution is 2.22. The Bertz CT molecular complexity index is 518. The lowest BCUT2D eigenvalue weighted by atomic mass is 10.2. The summed E-state index contributed by atoms with van der Waals surface area (Å²) >= 11 is 0. The summed E-state index contributed by atoms with van der Waals surface area (Å²) in [5.74, 6) is 1.51. The van der Waals surface area contributed by atoms with Gasteiger partial charge < -0.3 is 14.5 Å². The molecule has 0 amide bonds. The fraction of sp³-hybridized carbons (Fsp3) is 0.538. The second-order valence-electron chi connectivity index (χ2n) is 4.41. The molecule has 2 aromatic heterocycles. The Morgan fingerprint density at radius 3 is 2.95 bits per heavy atom. The molecular formula is C13H20N4O2. The van der Waals surface area contributed by atoms with Crippen LogP contribution >= 0.6 is 0 Å². The molecule has 2 heterocycles. The van der Waals surface area contributed by atoms with E-state index in [1.807, 2.05) is 20.2 Å². The Kier molecular flexibility index (Phi) is 4.70. The average Bonchev–Trinajstić information content (AvgIpc) is 2.95. The number of aryl methyl sites for hydroxylation is 2. The molecule has 1 N–H and O–H groups in total. The molecule has 0 spiro atoms. The van der Waals surface area contributed by atoms with Crippen LogP contribution < -0.4 is 5.32 Å². The van der Waals surface area contributed by atoms with E-state index < -0.39 is 0 Å². The number of hydrogen-bond acceptors (Lipinski definition) is 5. The molecule has 19 heavy (non-hydrogen) atoms. The van der Waals surface area contributed by atoms with Gasteiger partial charge >= 0.3 is 0 Å². The molecule has 0 aromatic carbocycles. The minimum absolute atomic E-state index is 0.714. The van der Waals surface area contributed by atoms with Crippen molar-refractivity contribution < 1.29 is 9.15 Å². The third kappa shape index (κ3) is 3.65. The molecule has 0 saturated carbocycles. The van der Waals surface area contributed by atoms with Crippen LogP contribution in [0.25, 0.3) is 11.3 Å². The lowest BCUT2D eigenvalue weighted by Crippen LogP contribution is -2.21. The molecule has 0 aliphatic rings. The van der Waals surface area contributed by atoms with E-state index in [9.17, 15) is 0 Å².